The number of carbonyl (C=O) groups is 2. The molecule has 2 amide bonds. The Bertz CT molecular complexity index is 443. The van der Waals surface area contributed by atoms with Gasteiger partial charge >= 0.3 is 0 Å². The van der Waals surface area contributed by atoms with Gasteiger partial charge in [0.1, 0.15) is 0 Å². The number of hydrogen-bond acceptors (Lipinski definition) is 3. The van der Waals surface area contributed by atoms with Crippen LogP contribution in [0.25, 0.3) is 0 Å². The molecule has 0 aliphatic carbocycles. The van der Waals surface area contributed by atoms with Crippen LogP contribution in [-0.2, 0) is 4.79 Å². The maximum Gasteiger partial charge on any atom is 0.251 e. The fourth-order valence-corrected chi connectivity index (χ4v) is 1.59. The van der Waals surface area contributed by atoms with Gasteiger partial charge in [-0.05, 0) is 30.2 Å². The lowest BCUT2D eigenvalue weighted by Gasteiger charge is -2.17. The van der Waals surface area contributed by atoms with Crippen LogP contribution in [0.2, 0.25) is 0 Å². The zero-order valence-corrected chi connectivity index (χ0v) is 11.6. The molecule has 5 nitrogen and oxygen atoms in total. The Hall–Kier alpha value is -1.88. The van der Waals surface area contributed by atoms with E-state index in [9.17, 15) is 9.59 Å². The second kappa shape index (κ2) is 6.89. The predicted octanol–water partition coefficient (Wildman–Crippen LogP) is 1.36. The monoisotopic (exact) mass is 263 g/mol. The zero-order chi connectivity index (χ0) is 14.4. The predicted molar refractivity (Wildman–Crippen MR) is 75.9 cm³/mol. The van der Waals surface area contributed by atoms with Crippen molar-refractivity contribution < 1.29 is 9.59 Å². The highest BCUT2D eigenvalue weighted by Crippen LogP contribution is 2.12. The van der Waals surface area contributed by atoms with Gasteiger partial charge in [-0.3, -0.25) is 9.59 Å². The standard InChI is InChI=1S/C14H21N3O2/c1-4-9(2)12(15)14(19)17-11-7-5-10(6-8-11)13(18)16-3/h5-9,12H,4,15H2,1-3H3,(H,16,18)(H,17,19)/t9-,12-/m0/s1. The molecule has 0 fully saturated rings. The quantitative estimate of drug-likeness (QED) is 0.750. The molecule has 4 N–H and O–H groups in total. The third kappa shape index (κ3) is 4.06. The van der Waals surface area contributed by atoms with Crippen LogP contribution in [0, 0.1) is 5.92 Å². The maximum atomic E-state index is 11.9. The van der Waals surface area contributed by atoms with E-state index in [-0.39, 0.29) is 17.7 Å². The maximum absolute atomic E-state index is 11.9. The van der Waals surface area contributed by atoms with Crippen molar-refractivity contribution in [2.24, 2.45) is 11.7 Å². The molecule has 0 heterocycles. The number of hydrogen-bond donors (Lipinski definition) is 3. The number of carbonyl (C=O) groups excluding carboxylic acids is 2. The average Bonchev–Trinajstić information content (AvgIpc) is 2.45. The molecule has 104 valence electrons. The van der Waals surface area contributed by atoms with Gasteiger partial charge in [0.15, 0.2) is 0 Å². The molecule has 1 rings (SSSR count). The first-order valence-corrected chi connectivity index (χ1v) is 6.38. The van der Waals surface area contributed by atoms with E-state index in [1.165, 1.54) is 0 Å². The summed E-state index contributed by atoms with van der Waals surface area (Å²) in [7, 11) is 1.57. The zero-order valence-electron chi connectivity index (χ0n) is 11.6. The average molecular weight is 263 g/mol. The van der Waals surface area contributed by atoms with Gasteiger partial charge in [-0.25, -0.2) is 0 Å². The van der Waals surface area contributed by atoms with E-state index >= 15 is 0 Å². The van der Waals surface area contributed by atoms with Crippen LogP contribution in [0.1, 0.15) is 30.6 Å². The molecule has 1 aromatic carbocycles. The molecule has 0 aromatic heterocycles. The first-order chi connectivity index (χ1) is 8.99. The van der Waals surface area contributed by atoms with Crippen LogP contribution < -0.4 is 16.4 Å². The summed E-state index contributed by atoms with van der Waals surface area (Å²) in [6.45, 7) is 3.94. The van der Waals surface area contributed by atoms with E-state index in [0.29, 0.717) is 11.3 Å². The third-order valence-corrected chi connectivity index (χ3v) is 3.20. The van der Waals surface area contributed by atoms with Gasteiger partial charge in [-0.15, -0.1) is 0 Å². The first-order valence-electron chi connectivity index (χ1n) is 6.38. The number of benzene rings is 1. The van der Waals surface area contributed by atoms with Gasteiger partial charge in [-0.1, -0.05) is 20.3 Å². The summed E-state index contributed by atoms with van der Waals surface area (Å²) >= 11 is 0. The van der Waals surface area contributed by atoms with E-state index in [2.05, 4.69) is 10.6 Å². The summed E-state index contributed by atoms with van der Waals surface area (Å²) in [5.41, 5.74) is 7.03. The Labute approximate surface area is 113 Å². The van der Waals surface area contributed by atoms with Crippen LogP contribution in [0.5, 0.6) is 0 Å². The van der Waals surface area contributed by atoms with Crippen LogP contribution in [0.3, 0.4) is 0 Å². The van der Waals surface area contributed by atoms with Gasteiger partial charge in [0, 0.05) is 18.3 Å². The van der Waals surface area contributed by atoms with Crippen molar-refractivity contribution in [3.8, 4) is 0 Å². The van der Waals surface area contributed by atoms with E-state index < -0.39 is 6.04 Å². The normalized spacial score (nSPS) is 13.5. The Morgan fingerprint density at radius 1 is 1.26 bits per heavy atom. The smallest absolute Gasteiger partial charge is 0.251 e. The molecular formula is C14H21N3O2. The van der Waals surface area contributed by atoms with Crippen LogP contribution >= 0.6 is 0 Å². The number of rotatable bonds is 5. The number of nitrogens with two attached hydrogens (primary N) is 1. The van der Waals surface area contributed by atoms with Gasteiger partial charge in [0.25, 0.3) is 5.91 Å². The van der Waals surface area contributed by atoms with Crippen molar-refractivity contribution in [3.05, 3.63) is 29.8 Å². The van der Waals surface area contributed by atoms with Gasteiger partial charge in [0.2, 0.25) is 5.91 Å². The molecule has 0 aliphatic rings. The van der Waals surface area contributed by atoms with Crippen LogP contribution in [-0.4, -0.2) is 24.9 Å². The molecule has 0 saturated heterocycles. The molecule has 5 heteroatoms. The fraction of sp³-hybridized carbons (Fsp3) is 0.429. The Morgan fingerprint density at radius 3 is 2.32 bits per heavy atom. The highest BCUT2D eigenvalue weighted by molar-refractivity contribution is 5.97. The van der Waals surface area contributed by atoms with Crippen LogP contribution in [0.15, 0.2) is 24.3 Å². The summed E-state index contributed by atoms with van der Waals surface area (Å²) in [6, 6.07) is 6.16. The molecular weight excluding hydrogens is 242 g/mol. The van der Waals surface area contributed by atoms with Crippen molar-refractivity contribution in [2.75, 3.05) is 12.4 Å². The Kier molecular flexibility index (Phi) is 5.51. The number of anilines is 1. The molecule has 2 atom stereocenters. The largest absolute Gasteiger partial charge is 0.355 e. The molecule has 0 saturated carbocycles. The number of amides is 2. The van der Waals surface area contributed by atoms with E-state index in [0.717, 1.165) is 6.42 Å². The minimum Gasteiger partial charge on any atom is -0.355 e. The molecule has 0 unspecified atom stereocenters. The second-order valence-corrected chi connectivity index (χ2v) is 4.56. The van der Waals surface area contributed by atoms with Gasteiger partial charge in [0.05, 0.1) is 6.04 Å². The summed E-state index contributed by atoms with van der Waals surface area (Å²) in [4.78, 5) is 23.2. The summed E-state index contributed by atoms with van der Waals surface area (Å²) < 4.78 is 0. The first kappa shape index (κ1) is 15.2. The molecule has 0 spiro atoms. The van der Waals surface area contributed by atoms with Crippen molar-refractivity contribution in [1.29, 1.82) is 0 Å². The van der Waals surface area contributed by atoms with Crippen molar-refractivity contribution in [2.45, 2.75) is 26.3 Å². The Balaban J connectivity index is 2.68. The van der Waals surface area contributed by atoms with Crippen molar-refractivity contribution in [1.82, 2.24) is 5.32 Å². The lowest BCUT2D eigenvalue weighted by molar-refractivity contribution is -0.118. The molecule has 19 heavy (non-hydrogen) atoms. The van der Waals surface area contributed by atoms with E-state index in [1.807, 2.05) is 13.8 Å². The minimum atomic E-state index is -0.524. The van der Waals surface area contributed by atoms with Gasteiger partial charge < -0.3 is 16.4 Å². The molecule has 1 aromatic rings. The minimum absolute atomic E-state index is 0.130. The lowest BCUT2D eigenvalue weighted by Crippen LogP contribution is -2.40. The van der Waals surface area contributed by atoms with Gasteiger partial charge in [-0.2, -0.15) is 0 Å². The highest BCUT2D eigenvalue weighted by Gasteiger charge is 2.19. The Morgan fingerprint density at radius 2 is 1.84 bits per heavy atom. The fourth-order valence-electron chi connectivity index (χ4n) is 1.59. The van der Waals surface area contributed by atoms with Crippen molar-refractivity contribution in [3.63, 3.8) is 0 Å². The summed E-state index contributed by atoms with van der Waals surface area (Å²) in [5.74, 6) is -0.235. The molecule has 0 radical (unpaired) electrons. The third-order valence-electron chi connectivity index (χ3n) is 3.20. The molecule has 0 aliphatic heterocycles. The SMILES string of the molecule is CC[C@H](C)[C@H](N)C(=O)Nc1ccc(C(=O)NC)cc1. The highest BCUT2D eigenvalue weighted by atomic mass is 16.2. The number of nitrogens with one attached hydrogen (secondary N) is 2. The van der Waals surface area contributed by atoms with E-state index in [1.54, 1.807) is 31.3 Å². The topological polar surface area (TPSA) is 84.2 Å². The summed E-state index contributed by atoms with van der Waals surface area (Å²) in [6.07, 6.45) is 0.851. The lowest BCUT2D eigenvalue weighted by atomic mass is 9.99. The van der Waals surface area contributed by atoms with E-state index in [4.69, 9.17) is 5.73 Å². The van der Waals surface area contributed by atoms with Crippen LogP contribution in [0.4, 0.5) is 5.69 Å². The second-order valence-electron chi connectivity index (χ2n) is 4.56. The van der Waals surface area contributed by atoms with Crippen molar-refractivity contribution >= 4 is 17.5 Å². The molecule has 0 bridgehead atoms. The summed E-state index contributed by atoms with van der Waals surface area (Å²) in [5, 5.41) is 5.28.